The minimum Gasteiger partial charge on any atom is -0.508 e. The van der Waals surface area contributed by atoms with E-state index in [4.69, 9.17) is 10.5 Å². The first-order valence-corrected chi connectivity index (χ1v) is 4.94. The molecule has 0 saturated carbocycles. The zero-order valence-electron chi connectivity index (χ0n) is 9.35. The molecule has 0 saturated heterocycles. The smallest absolute Gasteiger partial charge is 0.307 e. The molecule has 1 aromatic rings. The standard InChI is InChI=1S/C11H14FNO3.ClH/c1-2-16-11(15)6-9(13)8-5-7(12)3-4-10(8)14;/h3-5,9,14H,2,6,13H2,1H3;1H/t9-;/m1./s1. The second-order valence-electron chi connectivity index (χ2n) is 3.32. The Morgan fingerprint density at radius 1 is 1.59 bits per heavy atom. The van der Waals surface area contributed by atoms with Crippen molar-refractivity contribution in [1.29, 1.82) is 0 Å². The first-order valence-electron chi connectivity index (χ1n) is 4.94. The quantitative estimate of drug-likeness (QED) is 0.814. The molecule has 1 aromatic carbocycles. The first kappa shape index (κ1) is 15.7. The topological polar surface area (TPSA) is 72.5 Å². The number of phenolic OH excluding ortho intramolecular Hbond substituents is 1. The minimum absolute atomic E-state index is 0. The monoisotopic (exact) mass is 263 g/mol. The van der Waals surface area contributed by atoms with E-state index in [0.717, 1.165) is 12.1 Å². The lowest BCUT2D eigenvalue weighted by atomic mass is 10.0. The van der Waals surface area contributed by atoms with Gasteiger partial charge in [-0.25, -0.2) is 4.39 Å². The van der Waals surface area contributed by atoms with Crippen molar-refractivity contribution >= 4 is 18.4 Å². The zero-order valence-corrected chi connectivity index (χ0v) is 10.2. The Hall–Kier alpha value is -1.33. The second kappa shape index (κ2) is 7.09. The van der Waals surface area contributed by atoms with E-state index in [0.29, 0.717) is 0 Å². The summed E-state index contributed by atoms with van der Waals surface area (Å²) in [6.07, 6.45) is -0.0924. The van der Waals surface area contributed by atoms with Gasteiger partial charge in [0.1, 0.15) is 11.6 Å². The van der Waals surface area contributed by atoms with Gasteiger partial charge in [0, 0.05) is 11.6 Å². The van der Waals surface area contributed by atoms with E-state index in [-0.39, 0.29) is 36.7 Å². The van der Waals surface area contributed by atoms with Crippen LogP contribution < -0.4 is 5.73 Å². The number of ether oxygens (including phenoxy) is 1. The Kier molecular flexibility index (Phi) is 6.53. The number of hydrogen-bond acceptors (Lipinski definition) is 4. The Labute approximate surface area is 105 Å². The van der Waals surface area contributed by atoms with E-state index >= 15 is 0 Å². The van der Waals surface area contributed by atoms with Crippen LogP contribution in [-0.2, 0) is 9.53 Å². The van der Waals surface area contributed by atoms with Crippen molar-refractivity contribution in [2.75, 3.05) is 6.61 Å². The third kappa shape index (κ3) is 4.58. The lowest BCUT2D eigenvalue weighted by Crippen LogP contribution is -2.17. The van der Waals surface area contributed by atoms with E-state index in [1.165, 1.54) is 6.07 Å². The van der Waals surface area contributed by atoms with E-state index < -0.39 is 17.8 Å². The number of halogens is 2. The fraction of sp³-hybridized carbons (Fsp3) is 0.364. The fourth-order valence-corrected chi connectivity index (χ4v) is 1.33. The van der Waals surface area contributed by atoms with Crippen LogP contribution in [-0.4, -0.2) is 17.7 Å². The van der Waals surface area contributed by atoms with Gasteiger partial charge in [0.25, 0.3) is 0 Å². The van der Waals surface area contributed by atoms with Crippen LogP contribution in [0.15, 0.2) is 18.2 Å². The summed E-state index contributed by atoms with van der Waals surface area (Å²) in [5.41, 5.74) is 5.87. The predicted octanol–water partition coefficient (Wildman–Crippen LogP) is 1.91. The Morgan fingerprint density at radius 2 is 2.24 bits per heavy atom. The molecule has 1 rings (SSSR count). The maximum atomic E-state index is 12.9. The molecule has 0 unspecified atom stereocenters. The molecule has 17 heavy (non-hydrogen) atoms. The van der Waals surface area contributed by atoms with Crippen molar-refractivity contribution in [3.8, 4) is 5.75 Å². The molecule has 6 heteroatoms. The summed E-state index contributed by atoms with van der Waals surface area (Å²) in [5, 5.41) is 9.45. The minimum atomic E-state index is -0.769. The molecule has 0 spiro atoms. The van der Waals surface area contributed by atoms with Crippen LogP contribution in [0.4, 0.5) is 4.39 Å². The highest BCUT2D eigenvalue weighted by atomic mass is 35.5. The lowest BCUT2D eigenvalue weighted by molar-refractivity contribution is -0.143. The van der Waals surface area contributed by atoms with Gasteiger partial charge in [-0.2, -0.15) is 0 Å². The lowest BCUT2D eigenvalue weighted by Gasteiger charge is -2.12. The van der Waals surface area contributed by atoms with Gasteiger partial charge in [-0.3, -0.25) is 4.79 Å². The van der Waals surface area contributed by atoms with Gasteiger partial charge in [0.05, 0.1) is 13.0 Å². The summed E-state index contributed by atoms with van der Waals surface area (Å²) in [6.45, 7) is 1.95. The van der Waals surface area contributed by atoms with Gasteiger partial charge < -0.3 is 15.6 Å². The van der Waals surface area contributed by atoms with Crippen LogP contribution in [0.1, 0.15) is 24.9 Å². The number of aromatic hydroxyl groups is 1. The first-order chi connectivity index (χ1) is 7.54. The Balaban J connectivity index is 0.00000256. The van der Waals surface area contributed by atoms with Crippen LogP contribution in [0.3, 0.4) is 0 Å². The number of nitrogens with two attached hydrogens (primary N) is 1. The molecular weight excluding hydrogens is 249 g/mol. The number of carbonyl (C=O) groups is 1. The third-order valence-corrected chi connectivity index (χ3v) is 2.08. The van der Waals surface area contributed by atoms with Gasteiger partial charge in [-0.05, 0) is 25.1 Å². The fourth-order valence-electron chi connectivity index (χ4n) is 1.33. The molecule has 0 amide bonds. The summed E-state index contributed by atoms with van der Waals surface area (Å²) in [6, 6.07) is 2.67. The summed E-state index contributed by atoms with van der Waals surface area (Å²) >= 11 is 0. The highest BCUT2D eigenvalue weighted by Crippen LogP contribution is 2.25. The molecule has 0 aliphatic heterocycles. The molecule has 0 aliphatic carbocycles. The maximum absolute atomic E-state index is 12.9. The summed E-state index contributed by atoms with van der Waals surface area (Å²) in [5.74, 6) is -1.11. The highest BCUT2D eigenvalue weighted by Gasteiger charge is 2.16. The summed E-state index contributed by atoms with van der Waals surface area (Å²) < 4.78 is 17.6. The van der Waals surface area contributed by atoms with Crippen molar-refractivity contribution in [3.63, 3.8) is 0 Å². The molecule has 3 N–H and O–H groups in total. The predicted molar refractivity (Wildman–Crippen MR) is 63.5 cm³/mol. The van der Waals surface area contributed by atoms with Gasteiger partial charge in [0.15, 0.2) is 0 Å². The molecule has 0 radical (unpaired) electrons. The van der Waals surface area contributed by atoms with E-state index in [1.54, 1.807) is 6.92 Å². The van der Waals surface area contributed by atoms with E-state index in [1.807, 2.05) is 0 Å². The van der Waals surface area contributed by atoms with Crippen LogP contribution in [0.2, 0.25) is 0 Å². The molecule has 0 aromatic heterocycles. The molecular formula is C11H15ClFNO3. The SMILES string of the molecule is CCOC(=O)C[C@@H](N)c1cc(F)ccc1O.Cl. The molecule has 0 heterocycles. The summed E-state index contributed by atoms with van der Waals surface area (Å²) in [7, 11) is 0. The number of esters is 1. The number of carbonyl (C=O) groups excluding carboxylic acids is 1. The van der Waals surface area contributed by atoms with Crippen LogP contribution in [0.5, 0.6) is 5.75 Å². The second-order valence-corrected chi connectivity index (χ2v) is 3.32. The van der Waals surface area contributed by atoms with Gasteiger partial charge in [-0.1, -0.05) is 0 Å². The number of phenols is 1. The maximum Gasteiger partial charge on any atom is 0.307 e. The number of rotatable bonds is 4. The van der Waals surface area contributed by atoms with Gasteiger partial charge >= 0.3 is 5.97 Å². The molecule has 0 bridgehead atoms. The molecule has 96 valence electrons. The van der Waals surface area contributed by atoms with E-state index in [9.17, 15) is 14.3 Å². The van der Waals surface area contributed by atoms with Crippen LogP contribution in [0.25, 0.3) is 0 Å². The zero-order chi connectivity index (χ0) is 12.1. The highest BCUT2D eigenvalue weighted by molar-refractivity contribution is 5.85. The van der Waals surface area contributed by atoms with Gasteiger partial charge in [-0.15, -0.1) is 12.4 Å². The average molecular weight is 264 g/mol. The average Bonchev–Trinajstić information content (AvgIpc) is 2.21. The van der Waals surface area contributed by atoms with Crippen LogP contribution >= 0.6 is 12.4 Å². The summed E-state index contributed by atoms with van der Waals surface area (Å²) in [4.78, 5) is 11.1. The number of benzene rings is 1. The Morgan fingerprint density at radius 3 is 2.82 bits per heavy atom. The normalized spacial score (nSPS) is 11.5. The van der Waals surface area contributed by atoms with Crippen molar-refractivity contribution in [2.45, 2.75) is 19.4 Å². The largest absolute Gasteiger partial charge is 0.508 e. The van der Waals surface area contributed by atoms with Crippen molar-refractivity contribution in [2.24, 2.45) is 5.73 Å². The number of hydrogen-bond donors (Lipinski definition) is 2. The van der Waals surface area contributed by atoms with Crippen molar-refractivity contribution in [1.82, 2.24) is 0 Å². The van der Waals surface area contributed by atoms with E-state index in [2.05, 4.69) is 0 Å². The van der Waals surface area contributed by atoms with Crippen molar-refractivity contribution in [3.05, 3.63) is 29.6 Å². The van der Waals surface area contributed by atoms with Crippen LogP contribution in [0, 0.1) is 5.82 Å². The molecule has 4 nitrogen and oxygen atoms in total. The van der Waals surface area contributed by atoms with Crippen molar-refractivity contribution < 1.29 is 19.0 Å². The molecule has 0 aliphatic rings. The van der Waals surface area contributed by atoms with Gasteiger partial charge in [0.2, 0.25) is 0 Å². The Bertz CT molecular complexity index is 387. The third-order valence-electron chi connectivity index (χ3n) is 2.08. The molecule has 0 fully saturated rings. The molecule has 1 atom stereocenters.